The number of benzene rings is 2. The molecule has 0 amide bonds. The van der Waals surface area contributed by atoms with Crippen molar-refractivity contribution in [2.75, 3.05) is 4.90 Å². The normalized spacial score (nSPS) is 16.4. The van der Waals surface area contributed by atoms with Crippen molar-refractivity contribution in [2.45, 2.75) is 33.0 Å². The Morgan fingerprint density at radius 2 is 1.90 bits per heavy atom. The summed E-state index contributed by atoms with van der Waals surface area (Å²) in [5.74, 6) is 0.128. The molecule has 4 N–H and O–H groups in total. The third kappa shape index (κ3) is 3.07. The van der Waals surface area contributed by atoms with Gasteiger partial charge in [0, 0.05) is 30.3 Å². The summed E-state index contributed by atoms with van der Waals surface area (Å²) in [4.78, 5) is 13.3. The van der Waals surface area contributed by atoms with E-state index in [0.29, 0.717) is 22.6 Å². The first-order chi connectivity index (χ1) is 13.8. The molecule has 8 heteroatoms. The number of amidine groups is 1. The number of rotatable bonds is 3. The van der Waals surface area contributed by atoms with Crippen LogP contribution in [0.15, 0.2) is 47.7 Å². The second-order valence-electron chi connectivity index (χ2n) is 7.34. The minimum atomic E-state index is -1.13. The number of hydrazone groups is 1. The Morgan fingerprint density at radius 1 is 1.14 bits per heavy atom. The summed E-state index contributed by atoms with van der Waals surface area (Å²) < 4.78 is 1.55. The lowest BCUT2D eigenvalue weighted by molar-refractivity contribution is 0.0941. The number of nitrogens with one attached hydrogen (secondary N) is 1. The molecule has 0 saturated heterocycles. The van der Waals surface area contributed by atoms with E-state index in [9.17, 15) is 20.1 Å². The van der Waals surface area contributed by atoms with Crippen molar-refractivity contribution >= 4 is 28.3 Å². The molecule has 1 aromatic heterocycles. The highest BCUT2D eigenvalue weighted by atomic mass is 16.3. The molecule has 0 radical (unpaired) electrons. The number of hydrogen-bond donors (Lipinski definition) is 4. The molecule has 1 unspecified atom stereocenters. The fourth-order valence-electron chi connectivity index (χ4n) is 3.59. The second-order valence-corrected chi connectivity index (χ2v) is 7.34. The minimum absolute atomic E-state index is 0.00639. The van der Waals surface area contributed by atoms with Crippen LogP contribution < -0.4 is 10.3 Å². The first-order valence-electron chi connectivity index (χ1n) is 9.26. The number of phenolic OH excluding ortho intramolecular Hbond substituents is 2. The van der Waals surface area contributed by atoms with E-state index in [-0.39, 0.29) is 23.3 Å². The molecular weight excluding hydrogens is 372 g/mol. The molecule has 1 atom stereocenters. The standard InChI is InChI=1S/C21H22N4O4/c1-11(2)15-9-16(19(28)10-18(15)27)20-22-23-21(29)25(20)14-4-5-17-13(8-14)6-7-24(17)12(3)26/h4-11,21,23,27-29H,1-3H3. The van der Waals surface area contributed by atoms with E-state index in [1.807, 2.05) is 26.0 Å². The second kappa shape index (κ2) is 6.82. The molecule has 4 rings (SSSR count). The van der Waals surface area contributed by atoms with Crippen LogP contribution in [0.2, 0.25) is 0 Å². The summed E-state index contributed by atoms with van der Waals surface area (Å²) in [5.41, 5.74) is 5.06. The molecule has 0 bridgehead atoms. The number of aliphatic hydroxyl groups is 1. The highest BCUT2D eigenvalue weighted by molar-refractivity contribution is 6.13. The lowest BCUT2D eigenvalue weighted by Crippen LogP contribution is -2.40. The summed E-state index contributed by atoms with van der Waals surface area (Å²) in [6.45, 7) is 5.36. The van der Waals surface area contributed by atoms with E-state index in [2.05, 4.69) is 10.5 Å². The van der Waals surface area contributed by atoms with Gasteiger partial charge in [0.2, 0.25) is 12.3 Å². The van der Waals surface area contributed by atoms with Crippen LogP contribution in [-0.2, 0) is 0 Å². The molecule has 0 fully saturated rings. The predicted molar refractivity (Wildman–Crippen MR) is 110 cm³/mol. The highest BCUT2D eigenvalue weighted by Crippen LogP contribution is 2.35. The van der Waals surface area contributed by atoms with Gasteiger partial charge >= 0.3 is 0 Å². The Hall–Kier alpha value is -3.52. The predicted octanol–water partition coefficient (Wildman–Crippen LogP) is 2.88. The average molecular weight is 394 g/mol. The lowest BCUT2D eigenvalue weighted by atomic mass is 9.98. The summed E-state index contributed by atoms with van der Waals surface area (Å²) in [7, 11) is 0. The maximum atomic E-state index is 11.7. The zero-order valence-corrected chi connectivity index (χ0v) is 16.3. The Balaban J connectivity index is 1.80. The number of carbonyl (C=O) groups is 1. The number of anilines is 1. The number of carbonyl (C=O) groups excluding carboxylic acids is 1. The molecule has 2 aromatic carbocycles. The Labute approximate surface area is 167 Å². The molecule has 1 aliphatic heterocycles. The largest absolute Gasteiger partial charge is 0.508 e. The van der Waals surface area contributed by atoms with E-state index >= 15 is 0 Å². The van der Waals surface area contributed by atoms with Crippen molar-refractivity contribution in [2.24, 2.45) is 5.10 Å². The summed E-state index contributed by atoms with van der Waals surface area (Å²) in [6, 6.07) is 10.2. The maximum Gasteiger partial charge on any atom is 0.227 e. The molecule has 3 aromatic rings. The maximum absolute atomic E-state index is 11.7. The molecule has 0 saturated carbocycles. The van der Waals surface area contributed by atoms with Crippen LogP contribution in [0.5, 0.6) is 11.5 Å². The highest BCUT2D eigenvalue weighted by Gasteiger charge is 2.31. The SMILES string of the molecule is CC(=O)n1ccc2cc(N3C(c4cc(C(C)C)c(O)cc4O)=NNC3O)ccc21. The van der Waals surface area contributed by atoms with Crippen LogP contribution in [-0.4, -0.2) is 38.0 Å². The number of aliphatic hydroxyl groups excluding tert-OH is 1. The summed E-state index contributed by atoms with van der Waals surface area (Å²) in [5, 5.41) is 36.0. The summed E-state index contributed by atoms with van der Waals surface area (Å²) in [6.07, 6.45) is 0.568. The van der Waals surface area contributed by atoms with Crippen molar-refractivity contribution in [3.05, 3.63) is 53.7 Å². The molecule has 2 heterocycles. The van der Waals surface area contributed by atoms with E-state index in [4.69, 9.17) is 0 Å². The van der Waals surface area contributed by atoms with Gasteiger partial charge in [-0.2, -0.15) is 5.10 Å². The van der Waals surface area contributed by atoms with Crippen molar-refractivity contribution in [1.29, 1.82) is 0 Å². The molecule has 29 heavy (non-hydrogen) atoms. The molecule has 150 valence electrons. The Bertz CT molecular complexity index is 1150. The monoisotopic (exact) mass is 394 g/mol. The van der Waals surface area contributed by atoms with Crippen molar-refractivity contribution < 1.29 is 20.1 Å². The van der Waals surface area contributed by atoms with E-state index in [1.54, 1.807) is 33.9 Å². The zero-order chi connectivity index (χ0) is 20.9. The number of nitrogens with zero attached hydrogens (tertiary/aromatic N) is 3. The number of aromatic nitrogens is 1. The van der Waals surface area contributed by atoms with Gasteiger partial charge in [0.15, 0.2) is 5.84 Å². The zero-order valence-electron chi connectivity index (χ0n) is 16.3. The first-order valence-corrected chi connectivity index (χ1v) is 9.26. The van der Waals surface area contributed by atoms with Crippen LogP contribution >= 0.6 is 0 Å². The Kier molecular flexibility index (Phi) is 4.43. The number of aromatic hydroxyl groups is 2. The van der Waals surface area contributed by atoms with Gasteiger partial charge in [-0.05, 0) is 41.8 Å². The van der Waals surface area contributed by atoms with Crippen LogP contribution in [0.3, 0.4) is 0 Å². The molecule has 8 nitrogen and oxygen atoms in total. The first kappa shape index (κ1) is 18.8. The van der Waals surface area contributed by atoms with E-state index in [1.165, 1.54) is 13.0 Å². The third-order valence-electron chi connectivity index (χ3n) is 5.06. The molecule has 1 aliphatic rings. The fraction of sp³-hybridized carbons (Fsp3) is 0.238. The van der Waals surface area contributed by atoms with Gasteiger partial charge in [0.1, 0.15) is 11.5 Å². The molecule has 0 spiro atoms. The number of hydrogen-bond acceptors (Lipinski definition) is 7. The average Bonchev–Trinajstić information content (AvgIpc) is 3.24. The van der Waals surface area contributed by atoms with Crippen molar-refractivity contribution in [3.63, 3.8) is 0 Å². The van der Waals surface area contributed by atoms with E-state index < -0.39 is 6.35 Å². The van der Waals surface area contributed by atoms with Crippen molar-refractivity contribution in [3.8, 4) is 11.5 Å². The Morgan fingerprint density at radius 3 is 2.59 bits per heavy atom. The number of phenols is 2. The van der Waals surface area contributed by atoms with Crippen LogP contribution in [0, 0.1) is 0 Å². The smallest absolute Gasteiger partial charge is 0.227 e. The van der Waals surface area contributed by atoms with Gasteiger partial charge < -0.3 is 15.3 Å². The van der Waals surface area contributed by atoms with Crippen LogP contribution in [0.4, 0.5) is 5.69 Å². The fourth-order valence-corrected chi connectivity index (χ4v) is 3.59. The summed E-state index contributed by atoms with van der Waals surface area (Å²) >= 11 is 0. The lowest BCUT2D eigenvalue weighted by Gasteiger charge is -2.24. The topological polar surface area (TPSA) is 110 Å². The minimum Gasteiger partial charge on any atom is -0.508 e. The number of fused-ring (bicyclic) bond motifs is 1. The van der Waals surface area contributed by atoms with Crippen LogP contribution in [0.25, 0.3) is 10.9 Å². The van der Waals surface area contributed by atoms with Crippen LogP contribution in [0.1, 0.15) is 42.6 Å². The molecular formula is C21H22N4O4. The third-order valence-corrected chi connectivity index (χ3v) is 5.06. The quantitative estimate of drug-likeness (QED) is 0.544. The van der Waals surface area contributed by atoms with Gasteiger partial charge in [-0.1, -0.05) is 13.8 Å². The van der Waals surface area contributed by atoms with Crippen molar-refractivity contribution in [1.82, 2.24) is 9.99 Å². The van der Waals surface area contributed by atoms with Gasteiger partial charge in [-0.3, -0.25) is 19.7 Å². The van der Waals surface area contributed by atoms with Gasteiger partial charge in [-0.15, -0.1) is 0 Å². The molecule has 0 aliphatic carbocycles. The van der Waals surface area contributed by atoms with Gasteiger partial charge in [0.05, 0.1) is 11.1 Å². The van der Waals surface area contributed by atoms with E-state index in [0.717, 1.165) is 10.9 Å². The van der Waals surface area contributed by atoms with Gasteiger partial charge in [0.25, 0.3) is 0 Å². The van der Waals surface area contributed by atoms with Gasteiger partial charge in [-0.25, -0.2) is 0 Å².